The van der Waals surface area contributed by atoms with Crippen LogP contribution in [0.4, 0.5) is 5.82 Å². The highest BCUT2D eigenvalue weighted by Gasteiger charge is 2.41. The van der Waals surface area contributed by atoms with Crippen LogP contribution in [0.15, 0.2) is 0 Å². The lowest BCUT2D eigenvalue weighted by Gasteiger charge is -2.40. The molecule has 138 valence electrons. The molecule has 2 unspecified atom stereocenters. The van der Waals surface area contributed by atoms with Crippen molar-refractivity contribution in [3.05, 3.63) is 17.1 Å². The van der Waals surface area contributed by atoms with E-state index in [4.69, 9.17) is 15.7 Å². The molecule has 4 rings (SSSR count). The number of nitrogens with zero attached hydrogens (tertiary/aromatic N) is 3. The van der Waals surface area contributed by atoms with E-state index >= 15 is 0 Å². The van der Waals surface area contributed by atoms with Crippen molar-refractivity contribution in [1.82, 2.24) is 15.3 Å². The van der Waals surface area contributed by atoms with Gasteiger partial charge in [-0.2, -0.15) is 0 Å². The Kier molecular flexibility index (Phi) is 4.96. The Morgan fingerprint density at radius 1 is 1.00 bits per heavy atom. The van der Waals surface area contributed by atoms with Crippen LogP contribution in [0.2, 0.25) is 0 Å². The average Bonchev–Trinajstić information content (AvgIpc) is 2.95. The van der Waals surface area contributed by atoms with Gasteiger partial charge >= 0.3 is 0 Å². The zero-order valence-electron chi connectivity index (χ0n) is 15.7. The second kappa shape index (κ2) is 7.20. The molecule has 3 N–H and O–H groups in total. The van der Waals surface area contributed by atoms with Crippen molar-refractivity contribution >= 4 is 5.82 Å². The molecule has 2 atom stereocenters. The van der Waals surface area contributed by atoms with Gasteiger partial charge in [-0.15, -0.1) is 0 Å². The van der Waals surface area contributed by atoms with E-state index in [1.807, 2.05) is 7.05 Å². The Morgan fingerprint density at radius 3 is 2.56 bits per heavy atom. The van der Waals surface area contributed by atoms with Crippen LogP contribution in [0.1, 0.15) is 74.9 Å². The fraction of sp³-hybridized carbons (Fsp3) is 0.800. The molecule has 5 nitrogen and oxygen atoms in total. The molecular formula is C20H33N5. The predicted molar refractivity (Wildman–Crippen MR) is 102 cm³/mol. The van der Waals surface area contributed by atoms with Gasteiger partial charge in [0.1, 0.15) is 5.82 Å². The summed E-state index contributed by atoms with van der Waals surface area (Å²) >= 11 is 0. The van der Waals surface area contributed by atoms with Crippen LogP contribution in [0, 0.1) is 0 Å². The molecule has 25 heavy (non-hydrogen) atoms. The number of aryl methyl sites for hydroxylation is 1. The van der Waals surface area contributed by atoms with Gasteiger partial charge in [0, 0.05) is 30.4 Å². The number of hydrogen-bond acceptors (Lipinski definition) is 5. The van der Waals surface area contributed by atoms with Gasteiger partial charge in [-0.1, -0.05) is 25.7 Å². The van der Waals surface area contributed by atoms with Crippen molar-refractivity contribution in [1.29, 1.82) is 0 Å². The highest BCUT2D eigenvalue weighted by molar-refractivity contribution is 5.52. The summed E-state index contributed by atoms with van der Waals surface area (Å²) in [7, 11) is 2.03. The standard InChI is InChI=1S/C20H33N5/c1-22-17-11-4-5-12-20(17,21)19-23-16-10-8-9-15(16)18(24-19)25-13-6-2-3-7-14-25/h17,22H,2-14,21H2,1H3. The molecule has 2 heterocycles. The minimum absolute atomic E-state index is 0.276. The van der Waals surface area contributed by atoms with Gasteiger partial charge in [0.05, 0.1) is 5.54 Å². The minimum Gasteiger partial charge on any atom is -0.356 e. The van der Waals surface area contributed by atoms with Crippen LogP contribution in [0.3, 0.4) is 0 Å². The highest BCUT2D eigenvalue weighted by atomic mass is 15.2. The first-order valence-corrected chi connectivity index (χ1v) is 10.3. The van der Waals surface area contributed by atoms with Gasteiger partial charge in [-0.05, 0) is 52.0 Å². The van der Waals surface area contributed by atoms with Gasteiger partial charge in [-0.25, -0.2) is 9.97 Å². The Bertz CT molecular complexity index is 608. The molecule has 0 aromatic carbocycles. The number of hydrogen-bond donors (Lipinski definition) is 2. The van der Waals surface area contributed by atoms with E-state index in [1.165, 1.54) is 62.0 Å². The zero-order valence-corrected chi connectivity index (χ0v) is 15.7. The third-order valence-corrected chi connectivity index (χ3v) is 6.54. The van der Waals surface area contributed by atoms with E-state index in [0.29, 0.717) is 0 Å². The molecule has 1 saturated carbocycles. The molecule has 0 amide bonds. The van der Waals surface area contributed by atoms with E-state index in [1.54, 1.807) is 0 Å². The van der Waals surface area contributed by atoms with Crippen LogP contribution in [0.5, 0.6) is 0 Å². The maximum absolute atomic E-state index is 6.95. The summed E-state index contributed by atoms with van der Waals surface area (Å²) in [5.41, 5.74) is 9.21. The summed E-state index contributed by atoms with van der Waals surface area (Å²) in [5.74, 6) is 2.11. The molecule has 1 aromatic rings. The van der Waals surface area contributed by atoms with Crippen molar-refractivity contribution in [2.75, 3.05) is 25.0 Å². The minimum atomic E-state index is -0.425. The SMILES string of the molecule is CNC1CCCCC1(N)c1nc2c(c(N3CCCCCC3)n1)CCC2. The van der Waals surface area contributed by atoms with Gasteiger partial charge in [0.15, 0.2) is 5.82 Å². The first-order chi connectivity index (χ1) is 12.2. The normalized spacial score (nSPS) is 30.2. The second-order valence-corrected chi connectivity index (χ2v) is 8.18. The lowest BCUT2D eigenvalue weighted by Crippen LogP contribution is -2.56. The molecule has 3 aliphatic rings. The fourth-order valence-corrected chi connectivity index (χ4v) is 5.03. The largest absolute Gasteiger partial charge is 0.356 e. The summed E-state index contributed by atoms with van der Waals surface area (Å²) < 4.78 is 0. The summed E-state index contributed by atoms with van der Waals surface area (Å²) in [6.45, 7) is 2.27. The Labute approximate surface area is 151 Å². The lowest BCUT2D eigenvalue weighted by molar-refractivity contribution is 0.215. The highest BCUT2D eigenvalue weighted by Crippen LogP contribution is 2.37. The van der Waals surface area contributed by atoms with Crippen LogP contribution >= 0.6 is 0 Å². The topological polar surface area (TPSA) is 67.1 Å². The maximum atomic E-state index is 6.95. The molecule has 1 saturated heterocycles. The summed E-state index contributed by atoms with van der Waals surface area (Å²) in [4.78, 5) is 12.7. The molecule has 2 fully saturated rings. The van der Waals surface area contributed by atoms with Crippen molar-refractivity contribution in [3.63, 3.8) is 0 Å². The van der Waals surface area contributed by atoms with Gasteiger partial charge < -0.3 is 16.0 Å². The number of aromatic nitrogens is 2. The van der Waals surface area contributed by atoms with Gasteiger partial charge in [0.25, 0.3) is 0 Å². The van der Waals surface area contributed by atoms with E-state index in [0.717, 1.165) is 44.6 Å². The monoisotopic (exact) mass is 343 g/mol. The Hall–Kier alpha value is -1.20. The molecule has 0 radical (unpaired) electrons. The number of anilines is 1. The average molecular weight is 344 g/mol. The van der Waals surface area contributed by atoms with E-state index in [9.17, 15) is 0 Å². The fourth-order valence-electron chi connectivity index (χ4n) is 5.03. The Morgan fingerprint density at radius 2 is 1.80 bits per heavy atom. The molecule has 0 bridgehead atoms. The van der Waals surface area contributed by atoms with Crippen LogP contribution < -0.4 is 16.0 Å². The number of nitrogens with one attached hydrogen (secondary N) is 1. The first-order valence-electron chi connectivity index (χ1n) is 10.3. The number of nitrogens with two attached hydrogens (primary N) is 1. The Balaban J connectivity index is 1.75. The van der Waals surface area contributed by atoms with E-state index in [-0.39, 0.29) is 6.04 Å². The van der Waals surface area contributed by atoms with Crippen molar-refractivity contribution in [2.45, 2.75) is 82.2 Å². The van der Waals surface area contributed by atoms with Gasteiger partial charge in [-0.3, -0.25) is 0 Å². The number of fused-ring (bicyclic) bond motifs is 1. The smallest absolute Gasteiger partial charge is 0.152 e. The zero-order chi connectivity index (χ0) is 17.3. The summed E-state index contributed by atoms with van der Waals surface area (Å²) in [6, 6.07) is 0.276. The van der Waals surface area contributed by atoms with Crippen LogP contribution in [0.25, 0.3) is 0 Å². The third-order valence-electron chi connectivity index (χ3n) is 6.54. The molecule has 1 aliphatic heterocycles. The third kappa shape index (κ3) is 3.17. The van der Waals surface area contributed by atoms with Crippen molar-refractivity contribution in [2.24, 2.45) is 5.73 Å². The lowest BCUT2D eigenvalue weighted by atomic mass is 9.77. The number of rotatable bonds is 3. The molecular weight excluding hydrogens is 310 g/mol. The van der Waals surface area contributed by atoms with Crippen LogP contribution in [-0.2, 0) is 18.4 Å². The molecule has 2 aliphatic carbocycles. The quantitative estimate of drug-likeness (QED) is 0.883. The second-order valence-electron chi connectivity index (χ2n) is 8.18. The molecule has 0 spiro atoms. The van der Waals surface area contributed by atoms with Crippen molar-refractivity contribution in [3.8, 4) is 0 Å². The first kappa shape index (κ1) is 17.2. The van der Waals surface area contributed by atoms with Crippen LogP contribution in [-0.4, -0.2) is 36.1 Å². The number of likely N-dealkylation sites (N-methyl/N-ethyl adjacent to an activating group) is 1. The van der Waals surface area contributed by atoms with Gasteiger partial charge in [0.2, 0.25) is 0 Å². The molecule has 5 heteroatoms. The predicted octanol–water partition coefficient (Wildman–Crippen LogP) is 2.66. The summed E-state index contributed by atoms with van der Waals surface area (Å²) in [5, 5.41) is 3.45. The molecule has 1 aromatic heterocycles. The maximum Gasteiger partial charge on any atom is 0.152 e. The van der Waals surface area contributed by atoms with Crippen molar-refractivity contribution < 1.29 is 0 Å². The van der Waals surface area contributed by atoms with E-state index < -0.39 is 5.54 Å². The van der Waals surface area contributed by atoms with E-state index in [2.05, 4.69) is 10.2 Å². The summed E-state index contributed by atoms with van der Waals surface area (Å²) in [6.07, 6.45) is 13.2.